The van der Waals surface area contributed by atoms with E-state index in [0.717, 1.165) is 6.42 Å². The first-order valence-corrected chi connectivity index (χ1v) is 5.20. The van der Waals surface area contributed by atoms with Crippen molar-refractivity contribution in [2.45, 2.75) is 25.5 Å². The van der Waals surface area contributed by atoms with Crippen molar-refractivity contribution in [3.8, 4) is 0 Å². The van der Waals surface area contributed by atoms with Crippen molar-refractivity contribution in [2.24, 2.45) is 0 Å². The molecule has 1 saturated heterocycles. The van der Waals surface area contributed by atoms with Crippen molar-refractivity contribution in [1.29, 1.82) is 0 Å². The number of nitro groups is 1. The molecule has 0 radical (unpaired) electrons. The highest BCUT2D eigenvalue weighted by molar-refractivity contribution is 5.18. The molecule has 1 aliphatic rings. The summed E-state index contributed by atoms with van der Waals surface area (Å²) in [5.41, 5.74) is -0.585. The minimum atomic E-state index is -0.585. The molecule has 1 fully saturated rings. The summed E-state index contributed by atoms with van der Waals surface area (Å²) in [7, 11) is 0. The van der Waals surface area contributed by atoms with Crippen molar-refractivity contribution in [2.75, 3.05) is 13.1 Å². The van der Waals surface area contributed by atoms with Gasteiger partial charge in [0.15, 0.2) is 0 Å². The maximum absolute atomic E-state index is 10.4. The minimum absolute atomic E-state index is 0.235. The van der Waals surface area contributed by atoms with Crippen molar-refractivity contribution < 1.29 is 14.4 Å². The van der Waals surface area contributed by atoms with Crippen LogP contribution in [0.5, 0.6) is 0 Å². The van der Waals surface area contributed by atoms with Crippen molar-refractivity contribution >= 4 is 5.88 Å². The van der Waals surface area contributed by atoms with Gasteiger partial charge in [-0.2, -0.15) is 0 Å². The van der Waals surface area contributed by atoms with Gasteiger partial charge in [0.25, 0.3) is 0 Å². The van der Waals surface area contributed by atoms with Crippen molar-refractivity contribution in [1.82, 2.24) is 4.90 Å². The molecule has 1 N–H and O–H groups in total. The number of β-amino-alcohol motifs (C(OH)–C–C–N with tert-alkyl or cyclic N) is 1. The van der Waals surface area contributed by atoms with E-state index in [1.165, 1.54) is 6.07 Å². The summed E-state index contributed by atoms with van der Waals surface area (Å²) in [6, 6.07) is 2.95. The minimum Gasteiger partial charge on any atom is -0.404 e. The molecule has 6 heteroatoms. The second-order valence-electron chi connectivity index (χ2n) is 4.22. The summed E-state index contributed by atoms with van der Waals surface area (Å²) < 4.78 is 5.03. The molecule has 16 heavy (non-hydrogen) atoms. The van der Waals surface area contributed by atoms with Crippen LogP contribution in [-0.4, -0.2) is 33.6 Å². The Labute approximate surface area is 92.6 Å². The predicted octanol–water partition coefficient (Wildman–Crippen LogP) is 1.14. The van der Waals surface area contributed by atoms with Gasteiger partial charge in [-0.15, -0.1) is 0 Å². The molecule has 88 valence electrons. The lowest BCUT2D eigenvalue weighted by molar-refractivity contribution is -0.402. The maximum Gasteiger partial charge on any atom is 0.433 e. The monoisotopic (exact) mass is 226 g/mol. The molecule has 0 saturated carbocycles. The van der Waals surface area contributed by atoms with E-state index >= 15 is 0 Å². The van der Waals surface area contributed by atoms with Gasteiger partial charge in [0.05, 0.1) is 18.2 Å². The summed E-state index contributed by atoms with van der Waals surface area (Å²) in [6.45, 7) is 3.64. The maximum atomic E-state index is 10.4. The van der Waals surface area contributed by atoms with Crippen LogP contribution in [-0.2, 0) is 6.54 Å². The van der Waals surface area contributed by atoms with E-state index < -0.39 is 10.5 Å². The van der Waals surface area contributed by atoms with E-state index in [0.29, 0.717) is 25.4 Å². The van der Waals surface area contributed by atoms with Gasteiger partial charge in [-0.05, 0) is 12.5 Å². The fourth-order valence-corrected chi connectivity index (χ4v) is 1.89. The highest BCUT2D eigenvalue weighted by Gasteiger charge is 2.39. The van der Waals surface area contributed by atoms with Crippen LogP contribution in [0.3, 0.4) is 0 Å². The Morgan fingerprint density at radius 2 is 2.31 bits per heavy atom. The Morgan fingerprint density at radius 3 is 2.81 bits per heavy atom. The lowest BCUT2D eigenvalue weighted by atomic mass is 9.91. The SMILES string of the molecule is CCC1(O)CN(Cc2ccc([N+](=O)[O-])o2)C1. The topological polar surface area (TPSA) is 79.8 Å². The number of furan rings is 1. The molecule has 2 rings (SSSR count). The fourth-order valence-electron chi connectivity index (χ4n) is 1.89. The smallest absolute Gasteiger partial charge is 0.404 e. The van der Waals surface area contributed by atoms with Gasteiger partial charge in [0, 0.05) is 13.1 Å². The Balaban J connectivity index is 1.89. The van der Waals surface area contributed by atoms with E-state index in [9.17, 15) is 15.2 Å². The molecule has 6 nitrogen and oxygen atoms in total. The van der Waals surface area contributed by atoms with Crippen molar-refractivity contribution in [3.63, 3.8) is 0 Å². The van der Waals surface area contributed by atoms with Crippen LogP contribution in [0.2, 0.25) is 0 Å². The van der Waals surface area contributed by atoms with E-state index in [2.05, 4.69) is 0 Å². The van der Waals surface area contributed by atoms with Gasteiger partial charge >= 0.3 is 5.88 Å². The Bertz CT molecular complexity index is 395. The molecule has 0 unspecified atom stereocenters. The highest BCUT2D eigenvalue weighted by Crippen LogP contribution is 2.26. The third kappa shape index (κ3) is 2.07. The molecule has 0 atom stereocenters. The van der Waals surface area contributed by atoms with E-state index in [4.69, 9.17) is 4.42 Å². The van der Waals surface area contributed by atoms with Crippen LogP contribution in [0.4, 0.5) is 5.88 Å². The number of rotatable bonds is 4. The number of hydrogen-bond donors (Lipinski definition) is 1. The van der Waals surface area contributed by atoms with Gasteiger partial charge < -0.3 is 9.52 Å². The number of likely N-dealkylation sites (tertiary alicyclic amines) is 1. The summed E-state index contributed by atoms with van der Waals surface area (Å²) in [4.78, 5) is 11.8. The first-order valence-electron chi connectivity index (χ1n) is 5.20. The molecule has 0 aromatic carbocycles. The largest absolute Gasteiger partial charge is 0.433 e. The van der Waals surface area contributed by atoms with Crippen LogP contribution in [0.15, 0.2) is 16.5 Å². The lowest BCUT2D eigenvalue weighted by Crippen LogP contribution is -2.60. The Morgan fingerprint density at radius 1 is 1.62 bits per heavy atom. The lowest BCUT2D eigenvalue weighted by Gasteiger charge is -2.45. The summed E-state index contributed by atoms with van der Waals surface area (Å²) in [5.74, 6) is 0.325. The normalized spacial score (nSPS) is 19.4. The Hall–Kier alpha value is -1.40. The van der Waals surface area contributed by atoms with E-state index in [-0.39, 0.29) is 5.88 Å². The predicted molar refractivity (Wildman–Crippen MR) is 55.9 cm³/mol. The van der Waals surface area contributed by atoms with Crippen LogP contribution < -0.4 is 0 Å². The second-order valence-corrected chi connectivity index (χ2v) is 4.22. The molecule has 0 amide bonds. The zero-order chi connectivity index (χ0) is 11.8. The summed E-state index contributed by atoms with van der Waals surface area (Å²) >= 11 is 0. The van der Waals surface area contributed by atoms with Crippen LogP contribution in [0.1, 0.15) is 19.1 Å². The molecule has 0 spiro atoms. The molecule has 1 aliphatic heterocycles. The van der Waals surface area contributed by atoms with Crippen LogP contribution in [0.25, 0.3) is 0 Å². The first kappa shape index (κ1) is 11.1. The van der Waals surface area contributed by atoms with Gasteiger partial charge in [-0.1, -0.05) is 6.92 Å². The zero-order valence-electron chi connectivity index (χ0n) is 9.05. The quantitative estimate of drug-likeness (QED) is 0.615. The third-order valence-corrected chi connectivity index (χ3v) is 2.90. The average molecular weight is 226 g/mol. The molecular formula is C10H14N2O4. The molecule has 0 bridgehead atoms. The van der Waals surface area contributed by atoms with Gasteiger partial charge in [0.1, 0.15) is 10.7 Å². The van der Waals surface area contributed by atoms with E-state index in [1.54, 1.807) is 6.07 Å². The molecular weight excluding hydrogens is 212 g/mol. The first-order chi connectivity index (χ1) is 7.52. The second kappa shape index (κ2) is 3.88. The van der Waals surface area contributed by atoms with Crippen molar-refractivity contribution in [3.05, 3.63) is 28.0 Å². The van der Waals surface area contributed by atoms with E-state index in [1.807, 2.05) is 11.8 Å². The van der Waals surface area contributed by atoms with Crippen LogP contribution >= 0.6 is 0 Å². The number of aliphatic hydroxyl groups is 1. The summed E-state index contributed by atoms with van der Waals surface area (Å²) in [6.07, 6.45) is 0.724. The summed E-state index contributed by atoms with van der Waals surface area (Å²) in [5, 5.41) is 20.2. The highest BCUT2D eigenvalue weighted by atomic mass is 16.6. The van der Waals surface area contributed by atoms with Gasteiger partial charge in [0.2, 0.25) is 0 Å². The van der Waals surface area contributed by atoms with Gasteiger partial charge in [-0.25, -0.2) is 0 Å². The molecule has 1 aromatic heterocycles. The number of nitrogens with zero attached hydrogens (tertiary/aromatic N) is 2. The zero-order valence-corrected chi connectivity index (χ0v) is 9.05. The Kier molecular flexibility index (Phi) is 2.69. The average Bonchev–Trinajstić information content (AvgIpc) is 2.63. The molecule has 1 aromatic rings. The fraction of sp³-hybridized carbons (Fsp3) is 0.600. The van der Waals surface area contributed by atoms with Crippen LogP contribution in [0, 0.1) is 10.1 Å². The standard InChI is InChI=1S/C10H14N2O4/c1-2-10(13)6-11(7-10)5-8-3-4-9(16-8)12(14)15/h3-4,13H,2,5-7H2,1H3. The third-order valence-electron chi connectivity index (χ3n) is 2.90. The number of hydrogen-bond acceptors (Lipinski definition) is 5. The van der Waals surface area contributed by atoms with Gasteiger partial charge in [-0.3, -0.25) is 15.0 Å². The molecule has 0 aliphatic carbocycles. The molecule has 2 heterocycles.